The van der Waals surface area contributed by atoms with Gasteiger partial charge in [-0.25, -0.2) is 0 Å². The van der Waals surface area contributed by atoms with E-state index in [0.29, 0.717) is 19.1 Å². The van der Waals surface area contributed by atoms with Gasteiger partial charge in [-0.15, -0.1) is 0 Å². The van der Waals surface area contributed by atoms with Crippen LogP contribution in [0.5, 0.6) is 0 Å². The van der Waals surface area contributed by atoms with Gasteiger partial charge in [-0.05, 0) is 58.8 Å². The molecule has 23 heavy (non-hydrogen) atoms. The lowest BCUT2D eigenvalue weighted by Gasteiger charge is -2.21. The number of hydrogen-bond donors (Lipinski definition) is 1. The van der Waals surface area contributed by atoms with E-state index in [9.17, 15) is 5.11 Å². The van der Waals surface area contributed by atoms with Crippen LogP contribution < -0.4 is 0 Å². The van der Waals surface area contributed by atoms with Crippen LogP contribution in [-0.4, -0.2) is 30.2 Å². The fourth-order valence-electron chi connectivity index (χ4n) is 2.99. The second kappa shape index (κ2) is 10.3. The standard InChI is InChI=1S/C20H36O3/c1-16(2)14-19(21)15-18(4)9-6-8-17(3)10-7-11-20(5)22-12-13-23-20/h10,15-16,19,21H,6-9,11-14H2,1-5H3/b17-10+,18-15+. The van der Waals surface area contributed by atoms with E-state index in [1.165, 1.54) is 11.1 Å². The minimum absolute atomic E-state index is 0.293. The van der Waals surface area contributed by atoms with E-state index in [4.69, 9.17) is 9.47 Å². The van der Waals surface area contributed by atoms with Crippen LogP contribution in [0.4, 0.5) is 0 Å². The van der Waals surface area contributed by atoms with Crippen LogP contribution in [0, 0.1) is 5.92 Å². The largest absolute Gasteiger partial charge is 0.389 e. The van der Waals surface area contributed by atoms with Crippen molar-refractivity contribution in [3.05, 3.63) is 23.3 Å². The molecule has 0 amide bonds. The Kier molecular flexibility index (Phi) is 9.11. The second-order valence-corrected chi connectivity index (χ2v) is 7.48. The summed E-state index contributed by atoms with van der Waals surface area (Å²) in [4.78, 5) is 0. The molecule has 0 bridgehead atoms. The molecule has 1 heterocycles. The van der Waals surface area contributed by atoms with Gasteiger partial charge >= 0.3 is 0 Å². The van der Waals surface area contributed by atoms with Gasteiger partial charge in [-0.2, -0.15) is 0 Å². The molecule has 0 radical (unpaired) electrons. The second-order valence-electron chi connectivity index (χ2n) is 7.48. The Labute approximate surface area is 142 Å². The van der Waals surface area contributed by atoms with Gasteiger partial charge in [0.1, 0.15) is 0 Å². The van der Waals surface area contributed by atoms with Crippen molar-refractivity contribution in [1.82, 2.24) is 0 Å². The van der Waals surface area contributed by atoms with Gasteiger partial charge in [0.15, 0.2) is 5.79 Å². The summed E-state index contributed by atoms with van der Waals surface area (Å²) in [5.74, 6) is 0.164. The summed E-state index contributed by atoms with van der Waals surface area (Å²) < 4.78 is 11.2. The molecule has 1 unspecified atom stereocenters. The third kappa shape index (κ3) is 9.29. The molecule has 1 N–H and O–H groups in total. The quantitative estimate of drug-likeness (QED) is 0.575. The van der Waals surface area contributed by atoms with Crippen LogP contribution >= 0.6 is 0 Å². The van der Waals surface area contributed by atoms with Gasteiger partial charge in [0.25, 0.3) is 0 Å². The van der Waals surface area contributed by atoms with Crippen molar-refractivity contribution in [2.75, 3.05) is 13.2 Å². The summed E-state index contributed by atoms with van der Waals surface area (Å²) in [6, 6.07) is 0. The van der Waals surface area contributed by atoms with Crippen molar-refractivity contribution in [2.45, 2.75) is 85.0 Å². The van der Waals surface area contributed by atoms with Gasteiger partial charge < -0.3 is 14.6 Å². The minimum atomic E-state index is -0.372. The highest BCUT2D eigenvalue weighted by Gasteiger charge is 2.29. The van der Waals surface area contributed by atoms with Crippen molar-refractivity contribution in [2.24, 2.45) is 5.92 Å². The number of allylic oxidation sites excluding steroid dienone is 3. The zero-order chi connectivity index (χ0) is 17.3. The van der Waals surface area contributed by atoms with E-state index in [1.54, 1.807) is 0 Å². The zero-order valence-corrected chi connectivity index (χ0v) is 15.7. The van der Waals surface area contributed by atoms with E-state index < -0.39 is 0 Å². The molecule has 1 fully saturated rings. The summed E-state index contributed by atoms with van der Waals surface area (Å²) >= 11 is 0. The predicted molar refractivity (Wildman–Crippen MR) is 96.4 cm³/mol. The summed E-state index contributed by atoms with van der Waals surface area (Å²) in [6.45, 7) is 12.1. The van der Waals surface area contributed by atoms with E-state index in [0.717, 1.165) is 38.5 Å². The Morgan fingerprint density at radius 1 is 1.13 bits per heavy atom. The van der Waals surface area contributed by atoms with Gasteiger partial charge in [0, 0.05) is 6.42 Å². The normalized spacial score (nSPS) is 20.3. The van der Waals surface area contributed by atoms with Crippen LogP contribution in [0.1, 0.15) is 73.1 Å². The number of ether oxygens (including phenoxy) is 2. The molecule has 0 aromatic carbocycles. The van der Waals surface area contributed by atoms with Crippen molar-refractivity contribution >= 4 is 0 Å². The number of rotatable bonds is 10. The molecular weight excluding hydrogens is 288 g/mol. The average molecular weight is 325 g/mol. The Morgan fingerprint density at radius 3 is 2.35 bits per heavy atom. The lowest BCUT2D eigenvalue weighted by molar-refractivity contribution is -0.145. The number of aliphatic hydroxyl groups excluding tert-OH is 1. The molecule has 1 saturated heterocycles. The smallest absolute Gasteiger partial charge is 0.166 e. The zero-order valence-electron chi connectivity index (χ0n) is 15.7. The SMILES string of the molecule is C/C(=C\CCC1(C)OCCO1)CCC/C(C)=C/C(O)CC(C)C. The van der Waals surface area contributed by atoms with Gasteiger partial charge in [0.2, 0.25) is 0 Å². The third-order valence-electron chi connectivity index (χ3n) is 4.32. The molecule has 0 aliphatic carbocycles. The first kappa shape index (κ1) is 20.4. The molecule has 1 rings (SSSR count). The van der Waals surface area contributed by atoms with Crippen LogP contribution in [0.15, 0.2) is 23.3 Å². The maximum absolute atomic E-state index is 9.93. The Morgan fingerprint density at radius 2 is 1.74 bits per heavy atom. The summed E-state index contributed by atoms with van der Waals surface area (Å²) in [5, 5.41) is 9.93. The van der Waals surface area contributed by atoms with Crippen LogP contribution in [-0.2, 0) is 9.47 Å². The third-order valence-corrected chi connectivity index (χ3v) is 4.32. The minimum Gasteiger partial charge on any atom is -0.389 e. The number of aliphatic hydroxyl groups is 1. The van der Waals surface area contributed by atoms with Crippen LogP contribution in [0.25, 0.3) is 0 Å². The fraction of sp³-hybridized carbons (Fsp3) is 0.800. The highest BCUT2D eigenvalue weighted by atomic mass is 16.7. The van der Waals surface area contributed by atoms with Crippen LogP contribution in [0.3, 0.4) is 0 Å². The molecule has 3 nitrogen and oxygen atoms in total. The fourth-order valence-corrected chi connectivity index (χ4v) is 2.99. The monoisotopic (exact) mass is 324 g/mol. The van der Waals surface area contributed by atoms with Crippen molar-refractivity contribution in [3.63, 3.8) is 0 Å². The van der Waals surface area contributed by atoms with Gasteiger partial charge in [-0.1, -0.05) is 37.1 Å². The highest BCUT2D eigenvalue weighted by Crippen LogP contribution is 2.25. The lowest BCUT2D eigenvalue weighted by Crippen LogP contribution is -2.24. The van der Waals surface area contributed by atoms with E-state index in [1.807, 2.05) is 13.0 Å². The Hall–Kier alpha value is -0.640. The molecule has 1 atom stereocenters. The van der Waals surface area contributed by atoms with E-state index in [2.05, 4.69) is 33.8 Å². The Balaban J connectivity index is 2.20. The van der Waals surface area contributed by atoms with Crippen LogP contribution in [0.2, 0.25) is 0 Å². The maximum atomic E-state index is 9.93. The van der Waals surface area contributed by atoms with E-state index in [-0.39, 0.29) is 11.9 Å². The summed E-state index contributed by atoms with van der Waals surface area (Å²) in [7, 11) is 0. The topological polar surface area (TPSA) is 38.7 Å². The molecule has 0 aromatic rings. The van der Waals surface area contributed by atoms with E-state index >= 15 is 0 Å². The molecular formula is C20H36O3. The first-order chi connectivity index (χ1) is 10.8. The Bertz CT molecular complexity index is 390. The average Bonchev–Trinajstić information content (AvgIpc) is 2.84. The maximum Gasteiger partial charge on any atom is 0.166 e. The van der Waals surface area contributed by atoms with Gasteiger partial charge in [0.05, 0.1) is 19.3 Å². The molecule has 1 aliphatic heterocycles. The summed E-state index contributed by atoms with van der Waals surface area (Å²) in [5.41, 5.74) is 2.73. The lowest BCUT2D eigenvalue weighted by atomic mass is 10.0. The molecule has 0 aromatic heterocycles. The molecule has 134 valence electrons. The predicted octanol–water partition coefficient (Wildman–Crippen LogP) is 5.00. The first-order valence-corrected chi connectivity index (χ1v) is 9.09. The number of hydrogen-bond acceptors (Lipinski definition) is 3. The molecule has 1 aliphatic rings. The molecule has 0 spiro atoms. The molecule has 3 heteroatoms. The van der Waals surface area contributed by atoms with Gasteiger partial charge in [-0.3, -0.25) is 0 Å². The van der Waals surface area contributed by atoms with Crippen molar-refractivity contribution < 1.29 is 14.6 Å². The summed E-state index contributed by atoms with van der Waals surface area (Å²) in [6.07, 6.45) is 10.1. The highest BCUT2D eigenvalue weighted by molar-refractivity contribution is 5.04. The first-order valence-electron chi connectivity index (χ1n) is 9.09. The molecule has 0 saturated carbocycles. The van der Waals surface area contributed by atoms with Crippen molar-refractivity contribution in [3.8, 4) is 0 Å². The van der Waals surface area contributed by atoms with Crippen molar-refractivity contribution in [1.29, 1.82) is 0 Å².